The molecule has 33 heavy (non-hydrogen) atoms. The third-order valence-electron chi connectivity index (χ3n) is 5.05. The molecule has 4 aromatic rings. The molecule has 0 spiro atoms. The minimum absolute atomic E-state index is 0.000669. The summed E-state index contributed by atoms with van der Waals surface area (Å²) in [5, 5.41) is 4.65. The van der Waals surface area contributed by atoms with Gasteiger partial charge in [0.1, 0.15) is 6.61 Å². The number of halogens is 1. The fourth-order valence-electron chi connectivity index (χ4n) is 3.35. The Hall–Kier alpha value is -3.48. The average molecular weight is 462 g/mol. The van der Waals surface area contributed by atoms with Crippen LogP contribution < -0.4 is 0 Å². The lowest BCUT2D eigenvalue weighted by Crippen LogP contribution is -2.35. The number of nitrogens with zero attached hydrogens (tertiary/aromatic N) is 3. The molecule has 7 heteroatoms. The summed E-state index contributed by atoms with van der Waals surface area (Å²) in [6.07, 6.45) is 0.435. The van der Waals surface area contributed by atoms with Crippen molar-refractivity contribution in [3.8, 4) is 11.4 Å². The Morgan fingerprint density at radius 1 is 0.939 bits per heavy atom. The number of hydrogen-bond acceptors (Lipinski definition) is 5. The van der Waals surface area contributed by atoms with Crippen molar-refractivity contribution in [3.63, 3.8) is 0 Å². The number of amides is 1. The summed E-state index contributed by atoms with van der Waals surface area (Å²) in [5.74, 6) is 0.838. The van der Waals surface area contributed by atoms with Gasteiger partial charge in [0.25, 0.3) is 0 Å². The zero-order valence-electron chi connectivity index (χ0n) is 18.1. The average Bonchev–Trinajstić information content (AvgIpc) is 3.32. The first-order valence-corrected chi connectivity index (χ1v) is 11.1. The van der Waals surface area contributed by atoms with Gasteiger partial charge in [0.2, 0.25) is 17.6 Å². The molecule has 0 bridgehead atoms. The van der Waals surface area contributed by atoms with Gasteiger partial charge >= 0.3 is 0 Å². The van der Waals surface area contributed by atoms with Crippen LogP contribution in [-0.2, 0) is 29.1 Å². The third kappa shape index (κ3) is 6.75. The highest BCUT2D eigenvalue weighted by molar-refractivity contribution is 6.30. The number of aromatic nitrogens is 2. The van der Waals surface area contributed by atoms with Gasteiger partial charge in [0.05, 0.1) is 6.61 Å². The van der Waals surface area contributed by atoms with Crippen molar-refractivity contribution in [2.45, 2.75) is 19.6 Å². The topological polar surface area (TPSA) is 68.5 Å². The molecular formula is C26H24ClN3O3. The summed E-state index contributed by atoms with van der Waals surface area (Å²) in [7, 11) is 0. The van der Waals surface area contributed by atoms with E-state index in [0.29, 0.717) is 42.9 Å². The maximum Gasteiger partial charge on any atom is 0.248 e. The Labute approximate surface area is 197 Å². The lowest BCUT2D eigenvalue weighted by Gasteiger charge is -2.22. The van der Waals surface area contributed by atoms with E-state index in [1.807, 2.05) is 72.8 Å². The van der Waals surface area contributed by atoms with Crippen LogP contribution >= 0.6 is 11.6 Å². The predicted molar refractivity (Wildman–Crippen MR) is 126 cm³/mol. The van der Waals surface area contributed by atoms with Crippen LogP contribution in [0, 0.1) is 0 Å². The Morgan fingerprint density at radius 2 is 1.67 bits per heavy atom. The van der Waals surface area contributed by atoms with E-state index in [0.717, 1.165) is 16.7 Å². The SMILES string of the molecule is O=C(COCc1ccccc1)N(CCc1nc(-c2cccc(Cl)c2)no1)Cc1ccccc1. The molecule has 0 saturated carbocycles. The van der Waals surface area contributed by atoms with E-state index < -0.39 is 0 Å². The van der Waals surface area contributed by atoms with Crippen molar-refractivity contribution in [1.29, 1.82) is 0 Å². The molecule has 0 atom stereocenters. The summed E-state index contributed by atoms with van der Waals surface area (Å²) >= 11 is 6.05. The Kier molecular flexibility index (Phi) is 7.85. The van der Waals surface area contributed by atoms with Crippen LogP contribution in [0.15, 0.2) is 89.5 Å². The second-order valence-electron chi connectivity index (χ2n) is 7.55. The monoisotopic (exact) mass is 461 g/mol. The molecule has 0 aliphatic heterocycles. The van der Waals surface area contributed by atoms with E-state index in [1.165, 1.54) is 0 Å². The summed E-state index contributed by atoms with van der Waals surface area (Å²) in [4.78, 5) is 19.2. The maximum atomic E-state index is 12.9. The summed E-state index contributed by atoms with van der Waals surface area (Å²) in [6, 6.07) is 26.9. The molecule has 0 aliphatic carbocycles. The summed E-state index contributed by atoms with van der Waals surface area (Å²) in [6.45, 7) is 1.29. The molecule has 168 valence electrons. The number of carbonyl (C=O) groups is 1. The van der Waals surface area contributed by atoms with Gasteiger partial charge in [-0.1, -0.05) is 89.6 Å². The highest BCUT2D eigenvalue weighted by Crippen LogP contribution is 2.20. The zero-order valence-corrected chi connectivity index (χ0v) is 18.8. The molecule has 4 rings (SSSR count). The van der Waals surface area contributed by atoms with Crippen molar-refractivity contribution in [2.75, 3.05) is 13.2 Å². The molecule has 0 radical (unpaired) electrons. The quantitative estimate of drug-likeness (QED) is 0.325. The molecule has 0 saturated heterocycles. The van der Waals surface area contributed by atoms with Gasteiger partial charge in [-0.15, -0.1) is 0 Å². The third-order valence-corrected chi connectivity index (χ3v) is 5.29. The summed E-state index contributed by atoms with van der Waals surface area (Å²) < 4.78 is 11.1. The largest absolute Gasteiger partial charge is 0.367 e. The molecule has 3 aromatic carbocycles. The number of benzene rings is 3. The van der Waals surface area contributed by atoms with Crippen LogP contribution in [0.25, 0.3) is 11.4 Å². The first-order chi connectivity index (χ1) is 16.2. The Bertz CT molecular complexity index is 1170. The normalized spacial score (nSPS) is 10.8. The van der Waals surface area contributed by atoms with Gasteiger partial charge in [0.15, 0.2) is 0 Å². The van der Waals surface area contributed by atoms with Crippen LogP contribution in [0.3, 0.4) is 0 Å². The van der Waals surface area contributed by atoms with E-state index in [-0.39, 0.29) is 12.5 Å². The van der Waals surface area contributed by atoms with Gasteiger partial charge in [-0.3, -0.25) is 4.79 Å². The molecule has 0 fully saturated rings. The van der Waals surface area contributed by atoms with Crippen molar-refractivity contribution in [2.24, 2.45) is 0 Å². The van der Waals surface area contributed by atoms with E-state index in [4.69, 9.17) is 20.9 Å². The molecule has 1 heterocycles. The fourth-order valence-corrected chi connectivity index (χ4v) is 3.54. The number of hydrogen-bond donors (Lipinski definition) is 0. The van der Waals surface area contributed by atoms with Crippen molar-refractivity contribution >= 4 is 17.5 Å². The molecular weight excluding hydrogens is 438 g/mol. The fraction of sp³-hybridized carbons (Fsp3) is 0.192. The van der Waals surface area contributed by atoms with Crippen molar-refractivity contribution in [3.05, 3.63) is 107 Å². The van der Waals surface area contributed by atoms with E-state index >= 15 is 0 Å². The van der Waals surface area contributed by atoms with Gasteiger partial charge in [-0.25, -0.2) is 0 Å². The molecule has 6 nitrogen and oxygen atoms in total. The molecule has 1 aromatic heterocycles. The molecule has 0 aliphatic rings. The number of carbonyl (C=O) groups excluding carboxylic acids is 1. The van der Waals surface area contributed by atoms with Crippen LogP contribution in [0.5, 0.6) is 0 Å². The Morgan fingerprint density at radius 3 is 2.39 bits per heavy atom. The standard InChI is InChI=1S/C26H24ClN3O3/c27-23-13-7-12-22(16-23)26-28-24(33-29-26)14-15-30(17-20-8-3-1-4-9-20)25(31)19-32-18-21-10-5-2-6-11-21/h1-13,16H,14-15,17-19H2. The van der Waals surface area contributed by atoms with Gasteiger partial charge < -0.3 is 14.2 Å². The molecule has 0 N–H and O–H groups in total. The van der Waals surface area contributed by atoms with E-state index in [1.54, 1.807) is 17.0 Å². The number of ether oxygens (including phenoxy) is 1. The Balaban J connectivity index is 1.38. The van der Waals surface area contributed by atoms with Gasteiger partial charge in [-0.2, -0.15) is 4.98 Å². The minimum atomic E-state index is -0.0932. The molecule has 1 amide bonds. The van der Waals surface area contributed by atoms with Gasteiger partial charge in [-0.05, 0) is 23.3 Å². The maximum absolute atomic E-state index is 12.9. The minimum Gasteiger partial charge on any atom is -0.367 e. The second-order valence-corrected chi connectivity index (χ2v) is 7.99. The number of rotatable bonds is 10. The molecule has 0 unspecified atom stereocenters. The lowest BCUT2D eigenvalue weighted by molar-refractivity contribution is -0.137. The smallest absolute Gasteiger partial charge is 0.248 e. The summed E-state index contributed by atoms with van der Waals surface area (Å²) in [5.41, 5.74) is 2.85. The first kappa shape index (κ1) is 22.7. The zero-order chi connectivity index (χ0) is 22.9. The van der Waals surface area contributed by atoms with E-state index in [2.05, 4.69) is 10.1 Å². The van der Waals surface area contributed by atoms with Crippen LogP contribution in [0.2, 0.25) is 5.02 Å². The predicted octanol–water partition coefficient (Wildman–Crippen LogP) is 5.18. The van der Waals surface area contributed by atoms with Crippen molar-refractivity contribution in [1.82, 2.24) is 15.0 Å². The van der Waals surface area contributed by atoms with Crippen LogP contribution in [0.4, 0.5) is 0 Å². The van der Waals surface area contributed by atoms with E-state index in [9.17, 15) is 4.79 Å². The second kappa shape index (κ2) is 11.4. The van der Waals surface area contributed by atoms with Crippen LogP contribution in [0.1, 0.15) is 17.0 Å². The highest BCUT2D eigenvalue weighted by atomic mass is 35.5. The lowest BCUT2D eigenvalue weighted by atomic mass is 10.2. The highest BCUT2D eigenvalue weighted by Gasteiger charge is 2.17. The van der Waals surface area contributed by atoms with Gasteiger partial charge in [0, 0.05) is 30.1 Å². The van der Waals surface area contributed by atoms with Crippen molar-refractivity contribution < 1.29 is 14.1 Å². The first-order valence-electron chi connectivity index (χ1n) is 10.7. The van der Waals surface area contributed by atoms with Crippen LogP contribution in [-0.4, -0.2) is 34.1 Å².